The van der Waals surface area contributed by atoms with Crippen molar-refractivity contribution >= 4 is 21.6 Å². The molecular weight excluding hydrogens is 290 g/mol. The van der Waals surface area contributed by atoms with Crippen LogP contribution in [0.3, 0.4) is 0 Å². The van der Waals surface area contributed by atoms with Crippen LogP contribution in [0.1, 0.15) is 18.4 Å². The van der Waals surface area contributed by atoms with Crippen molar-refractivity contribution in [2.24, 2.45) is 0 Å². The van der Waals surface area contributed by atoms with Crippen molar-refractivity contribution in [3.8, 4) is 6.07 Å². The van der Waals surface area contributed by atoms with Crippen LogP contribution in [0.2, 0.25) is 0 Å². The predicted molar refractivity (Wildman–Crippen MR) is 77.8 cm³/mol. The Kier molecular flexibility index (Phi) is 4.26. The van der Waals surface area contributed by atoms with E-state index >= 15 is 0 Å². The van der Waals surface area contributed by atoms with Crippen LogP contribution in [0.15, 0.2) is 22.7 Å². The Morgan fingerprint density at radius 2 is 2.28 bits per heavy atom. The highest BCUT2D eigenvalue weighted by atomic mass is 79.9. The van der Waals surface area contributed by atoms with Gasteiger partial charge in [0.25, 0.3) is 0 Å². The number of nitrogens with zero attached hydrogens (tertiary/aromatic N) is 3. The molecular formula is C14H18BrN3. The molecule has 1 aromatic carbocycles. The monoisotopic (exact) mass is 307 g/mol. The molecule has 18 heavy (non-hydrogen) atoms. The number of halogens is 1. The van der Waals surface area contributed by atoms with E-state index in [1.54, 1.807) is 0 Å². The quantitative estimate of drug-likeness (QED) is 0.841. The number of likely N-dealkylation sites (N-methyl/N-ethyl adjacent to an activating group) is 2. The van der Waals surface area contributed by atoms with Crippen molar-refractivity contribution in [3.05, 3.63) is 28.2 Å². The van der Waals surface area contributed by atoms with Crippen LogP contribution in [-0.4, -0.2) is 38.1 Å². The van der Waals surface area contributed by atoms with E-state index in [0.717, 1.165) is 11.0 Å². The molecule has 96 valence electrons. The molecule has 1 saturated heterocycles. The van der Waals surface area contributed by atoms with Crippen LogP contribution in [0.25, 0.3) is 0 Å². The summed E-state index contributed by atoms with van der Waals surface area (Å²) in [5, 5.41) is 8.93. The number of anilines is 1. The maximum atomic E-state index is 8.93. The third kappa shape index (κ3) is 2.85. The number of rotatable bonds is 2. The Morgan fingerprint density at radius 1 is 1.50 bits per heavy atom. The van der Waals surface area contributed by atoms with Gasteiger partial charge in [-0.2, -0.15) is 5.26 Å². The summed E-state index contributed by atoms with van der Waals surface area (Å²) < 4.78 is 0.874. The van der Waals surface area contributed by atoms with Gasteiger partial charge in [-0.15, -0.1) is 0 Å². The standard InChI is InChI=1S/C14H18BrN3/c1-17-7-3-4-13(10-17)18(2)12-6-5-11(9-16)14(15)8-12/h5-6,8,13H,3-4,7,10H2,1-2H3. The Labute approximate surface area is 117 Å². The largest absolute Gasteiger partial charge is 0.370 e. The molecule has 0 bridgehead atoms. The van der Waals surface area contributed by atoms with Gasteiger partial charge >= 0.3 is 0 Å². The van der Waals surface area contributed by atoms with Crippen LogP contribution in [0.5, 0.6) is 0 Å². The molecule has 0 aromatic heterocycles. The van der Waals surface area contributed by atoms with Gasteiger partial charge in [0.1, 0.15) is 6.07 Å². The fourth-order valence-corrected chi connectivity index (χ4v) is 2.94. The zero-order chi connectivity index (χ0) is 13.1. The number of hydrogen-bond acceptors (Lipinski definition) is 3. The van der Waals surface area contributed by atoms with E-state index < -0.39 is 0 Å². The van der Waals surface area contributed by atoms with Crippen LogP contribution >= 0.6 is 15.9 Å². The fourth-order valence-electron chi connectivity index (χ4n) is 2.48. The summed E-state index contributed by atoms with van der Waals surface area (Å²) in [6.07, 6.45) is 2.49. The lowest BCUT2D eigenvalue weighted by atomic mass is 10.0. The van der Waals surface area contributed by atoms with E-state index in [0.29, 0.717) is 11.6 Å². The number of nitriles is 1. The Hall–Kier alpha value is -1.05. The first-order chi connectivity index (χ1) is 8.61. The van der Waals surface area contributed by atoms with Crippen LogP contribution < -0.4 is 4.90 Å². The van der Waals surface area contributed by atoms with Gasteiger partial charge in [0.05, 0.1) is 5.56 Å². The molecule has 0 N–H and O–H groups in total. The first-order valence-electron chi connectivity index (χ1n) is 6.23. The average Bonchev–Trinajstić information content (AvgIpc) is 2.37. The molecule has 1 atom stereocenters. The molecule has 2 rings (SSSR count). The van der Waals surface area contributed by atoms with Crippen molar-refractivity contribution < 1.29 is 0 Å². The maximum absolute atomic E-state index is 8.93. The van der Waals surface area contributed by atoms with E-state index in [1.807, 2.05) is 18.2 Å². The number of likely N-dealkylation sites (tertiary alicyclic amines) is 1. The zero-order valence-electron chi connectivity index (χ0n) is 10.9. The second-order valence-electron chi connectivity index (χ2n) is 4.95. The third-order valence-electron chi connectivity index (χ3n) is 3.63. The SMILES string of the molecule is CN1CCCC(N(C)c2ccc(C#N)c(Br)c2)C1. The minimum absolute atomic E-state index is 0.559. The molecule has 0 saturated carbocycles. The summed E-state index contributed by atoms with van der Waals surface area (Å²) in [7, 11) is 4.31. The van der Waals surface area contributed by atoms with E-state index in [1.165, 1.54) is 25.1 Å². The van der Waals surface area contributed by atoms with Crippen molar-refractivity contribution in [1.82, 2.24) is 4.90 Å². The topological polar surface area (TPSA) is 30.3 Å². The van der Waals surface area contributed by atoms with Crippen molar-refractivity contribution in [2.45, 2.75) is 18.9 Å². The smallest absolute Gasteiger partial charge is 0.100 e. The minimum Gasteiger partial charge on any atom is -0.370 e. The molecule has 1 aromatic rings. The molecule has 1 heterocycles. The Balaban J connectivity index is 2.15. The molecule has 4 heteroatoms. The van der Waals surface area contributed by atoms with Gasteiger partial charge in [0.2, 0.25) is 0 Å². The second kappa shape index (κ2) is 5.73. The maximum Gasteiger partial charge on any atom is 0.100 e. The zero-order valence-corrected chi connectivity index (χ0v) is 12.4. The molecule has 1 fully saturated rings. The normalized spacial score (nSPS) is 20.4. The van der Waals surface area contributed by atoms with Gasteiger partial charge in [0, 0.05) is 29.8 Å². The van der Waals surface area contributed by atoms with E-state index in [9.17, 15) is 0 Å². The lowest BCUT2D eigenvalue weighted by molar-refractivity contribution is 0.248. The van der Waals surface area contributed by atoms with Gasteiger partial charge in [-0.3, -0.25) is 0 Å². The molecule has 1 aliphatic rings. The first kappa shape index (κ1) is 13.4. The number of hydrogen-bond donors (Lipinski definition) is 0. The molecule has 0 aliphatic carbocycles. The molecule has 0 radical (unpaired) electrons. The summed E-state index contributed by atoms with van der Waals surface area (Å²) in [5.74, 6) is 0. The molecule has 3 nitrogen and oxygen atoms in total. The van der Waals surface area contributed by atoms with Crippen LogP contribution in [-0.2, 0) is 0 Å². The molecule has 0 amide bonds. The summed E-state index contributed by atoms with van der Waals surface area (Å²) in [5.41, 5.74) is 1.86. The lowest BCUT2D eigenvalue weighted by Gasteiger charge is -2.37. The molecule has 0 spiro atoms. The Morgan fingerprint density at radius 3 is 2.89 bits per heavy atom. The second-order valence-corrected chi connectivity index (χ2v) is 5.80. The van der Waals surface area contributed by atoms with Gasteiger partial charge in [-0.1, -0.05) is 0 Å². The molecule has 1 unspecified atom stereocenters. The van der Waals surface area contributed by atoms with Gasteiger partial charge in [-0.05, 0) is 60.6 Å². The van der Waals surface area contributed by atoms with Crippen molar-refractivity contribution in [3.63, 3.8) is 0 Å². The fraction of sp³-hybridized carbons (Fsp3) is 0.500. The average molecular weight is 308 g/mol. The van der Waals surface area contributed by atoms with Crippen LogP contribution in [0.4, 0.5) is 5.69 Å². The summed E-state index contributed by atoms with van der Waals surface area (Å²) in [6.45, 7) is 2.30. The number of benzene rings is 1. The first-order valence-corrected chi connectivity index (χ1v) is 7.02. The molecule has 1 aliphatic heterocycles. The van der Waals surface area contributed by atoms with Gasteiger partial charge < -0.3 is 9.80 Å². The van der Waals surface area contributed by atoms with Gasteiger partial charge in [0.15, 0.2) is 0 Å². The van der Waals surface area contributed by atoms with Gasteiger partial charge in [-0.25, -0.2) is 0 Å². The highest BCUT2D eigenvalue weighted by molar-refractivity contribution is 9.10. The van der Waals surface area contributed by atoms with Crippen molar-refractivity contribution in [2.75, 3.05) is 32.1 Å². The highest BCUT2D eigenvalue weighted by Crippen LogP contribution is 2.26. The summed E-state index contributed by atoms with van der Waals surface area (Å²) in [6, 6.07) is 8.67. The lowest BCUT2D eigenvalue weighted by Crippen LogP contribution is -2.45. The van der Waals surface area contributed by atoms with E-state index in [4.69, 9.17) is 5.26 Å². The van der Waals surface area contributed by atoms with E-state index in [2.05, 4.69) is 45.9 Å². The van der Waals surface area contributed by atoms with E-state index in [-0.39, 0.29) is 0 Å². The predicted octanol–water partition coefficient (Wildman–Crippen LogP) is 2.85. The summed E-state index contributed by atoms with van der Waals surface area (Å²) >= 11 is 3.45. The summed E-state index contributed by atoms with van der Waals surface area (Å²) in [4.78, 5) is 4.70. The van der Waals surface area contributed by atoms with Crippen molar-refractivity contribution in [1.29, 1.82) is 5.26 Å². The van der Waals surface area contributed by atoms with Crippen LogP contribution in [0, 0.1) is 11.3 Å². The Bertz CT molecular complexity index is 467. The number of piperidine rings is 1. The minimum atomic E-state index is 0.559. The third-order valence-corrected chi connectivity index (χ3v) is 4.28. The highest BCUT2D eigenvalue weighted by Gasteiger charge is 2.21.